The Morgan fingerprint density at radius 1 is 1.31 bits per heavy atom. The molecule has 2 heteroatoms. The van der Waals surface area contributed by atoms with Gasteiger partial charge in [-0.1, -0.05) is 34.6 Å². The molecule has 0 amide bonds. The average Bonchev–Trinajstić information content (AvgIpc) is 2.00. The van der Waals surface area contributed by atoms with Crippen LogP contribution in [-0.2, 0) is 0 Å². The Morgan fingerprint density at radius 3 is 2.23 bits per heavy atom. The zero-order valence-electron chi connectivity index (χ0n) is 10.1. The summed E-state index contributed by atoms with van der Waals surface area (Å²) in [7, 11) is 2.18. The molecule has 0 aliphatic rings. The molecule has 0 unspecified atom stereocenters. The summed E-state index contributed by atoms with van der Waals surface area (Å²) < 4.78 is 0. The molecule has 0 aromatic carbocycles. The molecule has 0 bridgehead atoms. The van der Waals surface area contributed by atoms with Gasteiger partial charge in [-0.05, 0) is 19.0 Å². The van der Waals surface area contributed by atoms with Crippen molar-refractivity contribution in [3.8, 4) is 0 Å². The van der Waals surface area contributed by atoms with Gasteiger partial charge in [-0.25, -0.2) is 0 Å². The second-order valence-electron chi connectivity index (χ2n) is 5.03. The molecule has 0 aliphatic heterocycles. The third-order valence-corrected chi connectivity index (χ3v) is 2.23. The Balaban J connectivity index is 3.79. The molecule has 0 rings (SSSR count). The van der Waals surface area contributed by atoms with E-state index in [1.54, 1.807) is 0 Å². The van der Waals surface area contributed by atoms with Crippen LogP contribution in [0.3, 0.4) is 0 Å². The minimum atomic E-state index is 0.370. The lowest BCUT2D eigenvalue weighted by Crippen LogP contribution is -2.40. The van der Waals surface area contributed by atoms with E-state index in [0.29, 0.717) is 11.5 Å². The van der Waals surface area contributed by atoms with Crippen molar-refractivity contribution in [2.24, 2.45) is 5.41 Å². The van der Waals surface area contributed by atoms with Crippen LogP contribution in [0.2, 0.25) is 0 Å². The lowest BCUT2D eigenvalue weighted by atomic mass is 9.92. The number of hydrogen-bond donors (Lipinski definition) is 1. The minimum Gasteiger partial charge on any atom is -0.314 e. The van der Waals surface area contributed by atoms with Crippen molar-refractivity contribution >= 4 is 0 Å². The molecule has 0 aromatic heterocycles. The first-order valence-corrected chi connectivity index (χ1v) is 5.29. The van der Waals surface area contributed by atoms with Gasteiger partial charge in [-0.3, -0.25) is 0 Å². The highest BCUT2D eigenvalue weighted by atomic mass is 15.1. The Morgan fingerprint density at radius 2 is 1.85 bits per heavy atom. The van der Waals surface area contributed by atoms with E-state index in [1.165, 1.54) is 0 Å². The molecule has 0 spiro atoms. The van der Waals surface area contributed by atoms with Gasteiger partial charge >= 0.3 is 0 Å². The fourth-order valence-electron chi connectivity index (χ4n) is 1.38. The molecule has 13 heavy (non-hydrogen) atoms. The molecule has 0 heterocycles. The summed E-state index contributed by atoms with van der Waals surface area (Å²) in [4.78, 5) is 2.36. The summed E-state index contributed by atoms with van der Waals surface area (Å²) in [5, 5.41) is 3.49. The van der Waals surface area contributed by atoms with Crippen LogP contribution in [0.15, 0.2) is 0 Å². The summed E-state index contributed by atoms with van der Waals surface area (Å²) in [5.41, 5.74) is 0.370. The first-order chi connectivity index (χ1) is 5.87. The Kier molecular flexibility index (Phi) is 5.57. The average molecular weight is 186 g/mol. The van der Waals surface area contributed by atoms with Crippen molar-refractivity contribution in [1.29, 1.82) is 0 Å². The summed E-state index contributed by atoms with van der Waals surface area (Å²) in [5.74, 6) is 0. The second kappa shape index (κ2) is 5.61. The topological polar surface area (TPSA) is 15.3 Å². The summed E-state index contributed by atoms with van der Waals surface area (Å²) >= 11 is 0. The lowest BCUT2D eigenvalue weighted by molar-refractivity contribution is 0.207. The van der Waals surface area contributed by atoms with E-state index in [4.69, 9.17) is 0 Å². The molecule has 80 valence electrons. The van der Waals surface area contributed by atoms with Crippen LogP contribution >= 0.6 is 0 Å². The van der Waals surface area contributed by atoms with Crippen molar-refractivity contribution in [3.05, 3.63) is 0 Å². The summed E-state index contributed by atoms with van der Waals surface area (Å²) in [6, 6.07) is 0.589. The summed E-state index contributed by atoms with van der Waals surface area (Å²) in [6.07, 6.45) is 0. The highest BCUT2D eigenvalue weighted by Gasteiger charge is 2.19. The molecule has 0 atom stereocenters. The second-order valence-corrected chi connectivity index (χ2v) is 5.03. The van der Waals surface area contributed by atoms with Gasteiger partial charge in [-0.15, -0.1) is 0 Å². The largest absolute Gasteiger partial charge is 0.314 e. The van der Waals surface area contributed by atoms with E-state index in [-0.39, 0.29) is 0 Å². The monoisotopic (exact) mass is 186 g/mol. The fraction of sp³-hybridized carbons (Fsp3) is 1.00. The van der Waals surface area contributed by atoms with E-state index < -0.39 is 0 Å². The SMILES string of the molecule is CCN(C)CC(C)(C)CNC(C)C. The van der Waals surface area contributed by atoms with Crippen molar-refractivity contribution in [1.82, 2.24) is 10.2 Å². The van der Waals surface area contributed by atoms with E-state index in [2.05, 4.69) is 51.9 Å². The van der Waals surface area contributed by atoms with Gasteiger partial charge < -0.3 is 10.2 Å². The smallest absolute Gasteiger partial charge is 0.00417 e. The Bertz CT molecular complexity index is 130. The Labute approximate surface area is 83.7 Å². The van der Waals surface area contributed by atoms with E-state index >= 15 is 0 Å². The van der Waals surface area contributed by atoms with Gasteiger partial charge in [0.2, 0.25) is 0 Å². The molecule has 0 radical (unpaired) electrons. The lowest BCUT2D eigenvalue weighted by Gasteiger charge is -2.30. The van der Waals surface area contributed by atoms with Crippen LogP contribution in [0, 0.1) is 5.41 Å². The fourth-order valence-corrected chi connectivity index (χ4v) is 1.38. The number of rotatable bonds is 6. The van der Waals surface area contributed by atoms with Gasteiger partial charge in [0, 0.05) is 19.1 Å². The van der Waals surface area contributed by atoms with Crippen LogP contribution in [0.4, 0.5) is 0 Å². The highest BCUT2D eigenvalue weighted by molar-refractivity contribution is 4.75. The predicted molar refractivity (Wildman–Crippen MR) is 60.1 cm³/mol. The molecule has 0 aliphatic carbocycles. The van der Waals surface area contributed by atoms with E-state index in [0.717, 1.165) is 19.6 Å². The predicted octanol–water partition coefficient (Wildman–Crippen LogP) is 1.96. The highest BCUT2D eigenvalue weighted by Crippen LogP contribution is 2.14. The molecule has 0 aromatic rings. The van der Waals surface area contributed by atoms with E-state index in [9.17, 15) is 0 Å². The molecular formula is C11H26N2. The number of nitrogens with zero attached hydrogens (tertiary/aromatic N) is 1. The molecule has 0 fully saturated rings. The van der Waals surface area contributed by atoms with Crippen molar-refractivity contribution in [3.63, 3.8) is 0 Å². The van der Waals surface area contributed by atoms with Crippen LogP contribution in [0.1, 0.15) is 34.6 Å². The zero-order chi connectivity index (χ0) is 10.5. The molecule has 0 saturated carbocycles. The van der Waals surface area contributed by atoms with Crippen molar-refractivity contribution in [2.75, 3.05) is 26.7 Å². The Hall–Kier alpha value is -0.0800. The van der Waals surface area contributed by atoms with Crippen LogP contribution in [0.25, 0.3) is 0 Å². The first-order valence-electron chi connectivity index (χ1n) is 5.29. The quantitative estimate of drug-likeness (QED) is 0.682. The molecular weight excluding hydrogens is 160 g/mol. The zero-order valence-corrected chi connectivity index (χ0v) is 10.1. The summed E-state index contributed by atoms with van der Waals surface area (Å²) in [6.45, 7) is 14.6. The van der Waals surface area contributed by atoms with Gasteiger partial charge in [0.15, 0.2) is 0 Å². The maximum absolute atomic E-state index is 3.49. The van der Waals surface area contributed by atoms with Gasteiger partial charge in [0.05, 0.1) is 0 Å². The van der Waals surface area contributed by atoms with Crippen molar-refractivity contribution in [2.45, 2.75) is 40.7 Å². The van der Waals surface area contributed by atoms with Crippen molar-refractivity contribution < 1.29 is 0 Å². The van der Waals surface area contributed by atoms with Crippen LogP contribution in [0.5, 0.6) is 0 Å². The van der Waals surface area contributed by atoms with Crippen LogP contribution < -0.4 is 5.32 Å². The standard InChI is InChI=1S/C11H26N2/c1-7-13(6)9-11(4,5)8-12-10(2)3/h10,12H,7-9H2,1-6H3. The maximum atomic E-state index is 3.49. The van der Waals surface area contributed by atoms with Crippen LogP contribution in [-0.4, -0.2) is 37.6 Å². The molecule has 1 N–H and O–H groups in total. The maximum Gasteiger partial charge on any atom is 0.00417 e. The first kappa shape index (κ1) is 12.9. The normalized spacial score (nSPS) is 12.9. The minimum absolute atomic E-state index is 0.370. The molecule has 2 nitrogen and oxygen atoms in total. The third-order valence-electron chi connectivity index (χ3n) is 2.23. The van der Waals surface area contributed by atoms with Gasteiger partial charge in [-0.2, -0.15) is 0 Å². The third kappa shape index (κ3) is 7.03. The number of hydrogen-bond acceptors (Lipinski definition) is 2. The van der Waals surface area contributed by atoms with E-state index in [1.807, 2.05) is 0 Å². The molecule has 0 saturated heterocycles. The van der Waals surface area contributed by atoms with Gasteiger partial charge in [0.1, 0.15) is 0 Å². The van der Waals surface area contributed by atoms with Gasteiger partial charge in [0.25, 0.3) is 0 Å². The number of nitrogens with one attached hydrogen (secondary N) is 1.